The molecule has 168 valence electrons. The number of carbonyl (C=O) groups is 2. The van der Waals surface area contributed by atoms with Crippen LogP contribution in [0.2, 0.25) is 0 Å². The molecule has 2 amide bonds. The molecule has 1 N–H and O–H groups in total. The minimum atomic E-state index is -3.72. The van der Waals surface area contributed by atoms with Gasteiger partial charge >= 0.3 is 0 Å². The molecule has 8 heteroatoms. The minimum Gasteiger partial charge on any atom is -0.355 e. The van der Waals surface area contributed by atoms with E-state index in [4.69, 9.17) is 0 Å². The summed E-state index contributed by atoms with van der Waals surface area (Å²) in [6.07, 6.45) is 1.08. The molecule has 0 spiro atoms. The summed E-state index contributed by atoms with van der Waals surface area (Å²) in [6, 6.07) is 13.9. The van der Waals surface area contributed by atoms with Crippen LogP contribution >= 0.6 is 0 Å². The highest BCUT2D eigenvalue weighted by atomic mass is 32.2. The van der Waals surface area contributed by atoms with Crippen molar-refractivity contribution in [3.05, 3.63) is 65.2 Å². The number of para-hydroxylation sites is 1. The molecule has 2 rings (SSSR count). The van der Waals surface area contributed by atoms with E-state index >= 15 is 0 Å². The van der Waals surface area contributed by atoms with E-state index in [1.807, 2.05) is 44.2 Å². The van der Waals surface area contributed by atoms with Crippen LogP contribution in [0.4, 0.5) is 5.69 Å². The maximum Gasteiger partial charge on any atom is 0.244 e. The smallest absolute Gasteiger partial charge is 0.244 e. The van der Waals surface area contributed by atoms with E-state index in [1.54, 1.807) is 32.0 Å². The van der Waals surface area contributed by atoms with Crippen molar-refractivity contribution in [2.24, 2.45) is 0 Å². The van der Waals surface area contributed by atoms with E-state index in [0.717, 1.165) is 27.3 Å². The summed E-state index contributed by atoms with van der Waals surface area (Å²) in [5, 5.41) is 2.74. The van der Waals surface area contributed by atoms with Gasteiger partial charge in [0, 0.05) is 13.1 Å². The van der Waals surface area contributed by atoms with E-state index in [1.165, 1.54) is 4.90 Å². The summed E-state index contributed by atoms with van der Waals surface area (Å²) in [4.78, 5) is 27.4. The maximum absolute atomic E-state index is 13.4. The van der Waals surface area contributed by atoms with E-state index in [2.05, 4.69) is 5.32 Å². The number of hydrogen-bond donors (Lipinski definition) is 1. The second-order valence-electron chi connectivity index (χ2n) is 7.57. The van der Waals surface area contributed by atoms with Gasteiger partial charge in [0.25, 0.3) is 0 Å². The molecule has 0 saturated heterocycles. The maximum atomic E-state index is 13.4. The molecule has 2 aromatic carbocycles. The van der Waals surface area contributed by atoms with Crippen LogP contribution in [-0.2, 0) is 26.2 Å². The van der Waals surface area contributed by atoms with Gasteiger partial charge in [0.1, 0.15) is 12.6 Å². The average Bonchev–Trinajstić information content (AvgIpc) is 2.71. The van der Waals surface area contributed by atoms with E-state index < -0.39 is 22.0 Å². The SMILES string of the molecule is CCNC(=O)[C@H](C)N(Cc1ccccc1C)C(=O)CN(c1ccccc1C)S(C)(=O)=O. The topological polar surface area (TPSA) is 86.8 Å². The Hall–Kier alpha value is -2.87. The monoisotopic (exact) mass is 445 g/mol. The molecular weight excluding hydrogens is 414 g/mol. The van der Waals surface area contributed by atoms with Crippen LogP contribution in [-0.4, -0.2) is 50.5 Å². The Morgan fingerprint density at radius 3 is 2.13 bits per heavy atom. The fourth-order valence-electron chi connectivity index (χ4n) is 3.31. The first-order valence-corrected chi connectivity index (χ1v) is 12.1. The predicted octanol–water partition coefficient (Wildman–Crippen LogP) is 2.62. The quantitative estimate of drug-likeness (QED) is 0.643. The van der Waals surface area contributed by atoms with Crippen LogP contribution in [0.3, 0.4) is 0 Å². The highest BCUT2D eigenvalue weighted by molar-refractivity contribution is 7.92. The molecule has 31 heavy (non-hydrogen) atoms. The average molecular weight is 446 g/mol. The minimum absolute atomic E-state index is 0.204. The third-order valence-electron chi connectivity index (χ3n) is 5.18. The van der Waals surface area contributed by atoms with Gasteiger partial charge in [-0.25, -0.2) is 8.42 Å². The number of anilines is 1. The number of sulfonamides is 1. The Kier molecular flexibility index (Phi) is 8.21. The summed E-state index contributed by atoms with van der Waals surface area (Å²) < 4.78 is 26.2. The summed E-state index contributed by atoms with van der Waals surface area (Å²) in [5.41, 5.74) is 3.07. The molecule has 0 heterocycles. The highest BCUT2D eigenvalue weighted by Crippen LogP contribution is 2.23. The van der Waals surface area contributed by atoms with E-state index in [-0.39, 0.29) is 19.0 Å². The first-order valence-electron chi connectivity index (χ1n) is 10.2. The van der Waals surface area contributed by atoms with Crippen molar-refractivity contribution in [3.63, 3.8) is 0 Å². The third-order valence-corrected chi connectivity index (χ3v) is 6.31. The molecule has 1 atom stereocenters. The lowest BCUT2D eigenvalue weighted by atomic mass is 10.1. The van der Waals surface area contributed by atoms with Gasteiger partial charge in [0.15, 0.2) is 0 Å². The van der Waals surface area contributed by atoms with Crippen LogP contribution in [0.1, 0.15) is 30.5 Å². The lowest BCUT2D eigenvalue weighted by Crippen LogP contribution is -2.51. The van der Waals surface area contributed by atoms with Crippen molar-refractivity contribution in [3.8, 4) is 0 Å². The zero-order valence-corrected chi connectivity index (χ0v) is 19.6. The zero-order chi connectivity index (χ0) is 23.2. The van der Waals surface area contributed by atoms with Crippen molar-refractivity contribution in [2.75, 3.05) is 23.7 Å². The number of amides is 2. The van der Waals surface area contributed by atoms with Gasteiger partial charge in [-0.05, 0) is 50.5 Å². The largest absolute Gasteiger partial charge is 0.355 e. The van der Waals surface area contributed by atoms with E-state index in [0.29, 0.717) is 12.2 Å². The molecule has 2 aromatic rings. The first kappa shape index (κ1) is 24.4. The van der Waals surface area contributed by atoms with Crippen molar-refractivity contribution in [1.29, 1.82) is 0 Å². The summed E-state index contributed by atoms with van der Waals surface area (Å²) in [6.45, 7) is 7.44. The third kappa shape index (κ3) is 6.30. The number of rotatable bonds is 9. The van der Waals surface area contributed by atoms with Crippen LogP contribution < -0.4 is 9.62 Å². The van der Waals surface area contributed by atoms with Crippen molar-refractivity contribution < 1.29 is 18.0 Å². The van der Waals surface area contributed by atoms with Gasteiger partial charge < -0.3 is 10.2 Å². The first-order chi connectivity index (χ1) is 14.6. The molecule has 0 aliphatic rings. The van der Waals surface area contributed by atoms with Gasteiger partial charge in [0.2, 0.25) is 21.8 Å². The summed E-state index contributed by atoms with van der Waals surface area (Å²) >= 11 is 0. The molecule has 0 radical (unpaired) electrons. The van der Waals surface area contributed by atoms with Gasteiger partial charge in [0.05, 0.1) is 11.9 Å². The van der Waals surface area contributed by atoms with Gasteiger partial charge in [-0.3, -0.25) is 13.9 Å². The molecule has 0 saturated carbocycles. The van der Waals surface area contributed by atoms with Crippen LogP contribution in [0.5, 0.6) is 0 Å². The molecule has 0 bridgehead atoms. The van der Waals surface area contributed by atoms with Crippen molar-refractivity contribution in [1.82, 2.24) is 10.2 Å². The standard InChI is InChI=1S/C23H31N3O4S/c1-6-24-23(28)19(4)25(15-20-13-9-7-11-17(20)2)22(27)16-26(31(5,29)30)21-14-10-8-12-18(21)3/h7-14,19H,6,15-16H2,1-5H3,(H,24,28)/t19-/m0/s1. The van der Waals surface area contributed by atoms with Gasteiger partial charge in [-0.1, -0.05) is 42.5 Å². The predicted molar refractivity (Wildman–Crippen MR) is 123 cm³/mol. The summed E-state index contributed by atoms with van der Waals surface area (Å²) in [7, 11) is -3.72. The molecule has 0 fully saturated rings. The van der Waals surface area contributed by atoms with Crippen LogP contribution in [0.25, 0.3) is 0 Å². The number of likely N-dealkylation sites (N-methyl/N-ethyl adjacent to an activating group) is 1. The molecule has 7 nitrogen and oxygen atoms in total. The Balaban J connectivity index is 2.41. The van der Waals surface area contributed by atoms with Crippen molar-refractivity contribution in [2.45, 2.75) is 40.3 Å². The van der Waals surface area contributed by atoms with Crippen molar-refractivity contribution >= 4 is 27.5 Å². The zero-order valence-electron chi connectivity index (χ0n) is 18.8. The summed E-state index contributed by atoms with van der Waals surface area (Å²) in [5.74, 6) is -0.734. The molecule has 0 aliphatic carbocycles. The normalized spacial score (nSPS) is 12.2. The van der Waals surface area contributed by atoms with Crippen LogP contribution in [0, 0.1) is 13.8 Å². The number of benzene rings is 2. The second-order valence-corrected chi connectivity index (χ2v) is 9.48. The van der Waals surface area contributed by atoms with Gasteiger partial charge in [-0.15, -0.1) is 0 Å². The fourth-order valence-corrected chi connectivity index (χ4v) is 4.22. The number of nitrogens with one attached hydrogen (secondary N) is 1. The Labute approximate surface area is 185 Å². The van der Waals surface area contributed by atoms with Gasteiger partial charge in [-0.2, -0.15) is 0 Å². The second kappa shape index (κ2) is 10.4. The Morgan fingerprint density at radius 2 is 1.58 bits per heavy atom. The fraction of sp³-hybridized carbons (Fsp3) is 0.391. The van der Waals surface area contributed by atoms with Crippen LogP contribution in [0.15, 0.2) is 48.5 Å². The lowest BCUT2D eigenvalue weighted by molar-refractivity contribution is -0.139. The lowest BCUT2D eigenvalue weighted by Gasteiger charge is -2.32. The number of nitrogens with zero attached hydrogens (tertiary/aromatic N) is 2. The van der Waals surface area contributed by atoms with E-state index in [9.17, 15) is 18.0 Å². The number of hydrogen-bond acceptors (Lipinski definition) is 4. The Morgan fingerprint density at radius 1 is 1.00 bits per heavy atom. The molecule has 0 aliphatic heterocycles. The molecule has 0 aromatic heterocycles. The molecular formula is C23H31N3O4S. The Bertz CT molecular complexity index is 1040. The highest BCUT2D eigenvalue weighted by Gasteiger charge is 2.30. The molecule has 0 unspecified atom stereocenters. The number of aryl methyl sites for hydroxylation is 2. The number of carbonyl (C=O) groups excluding carboxylic acids is 2.